The van der Waals surface area contributed by atoms with Crippen LogP contribution in [0.2, 0.25) is 5.02 Å². The van der Waals surface area contributed by atoms with Gasteiger partial charge in [0, 0.05) is 17.6 Å². The highest BCUT2D eigenvalue weighted by Gasteiger charge is 2.30. The molecular weight excluding hydrogens is 288 g/mol. The number of hydrogen-bond donors (Lipinski definition) is 2. The number of halogens is 1. The van der Waals surface area contributed by atoms with Gasteiger partial charge in [-0.1, -0.05) is 11.6 Å². The number of ether oxygens (including phenoxy) is 1. The quantitative estimate of drug-likeness (QED) is 0.831. The Morgan fingerprint density at radius 3 is 2.79 bits per heavy atom. The Morgan fingerprint density at radius 2 is 2.21 bits per heavy atom. The van der Waals surface area contributed by atoms with Crippen LogP contribution < -0.4 is 15.2 Å². The van der Waals surface area contributed by atoms with Gasteiger partial charge in [-0.25, -0.2) is 13.1 Å². The van der Waals surface area contributed by atoms with Crippen molar-refractivity contribution < 1.29 is 13.2 Å². The fourth-order valence-corrected chi connectivity index (χ4v) is 3.34. The minimum absolute atomic E-state index is 0.0329. The van der Waals surface area contributed by atoms with Crippen molar-refractivity contribution in [3.8, 4) is 5.75 Å². The number of nitrogens with two attached hydrogens (primary N) is 1. The van der Waals surface area contributed by atoms with E-state index >= 15 is 0 Å². The Kier molecular flexibility index (Phi) is 4.35. The van der Waals surface area contributed by atoms with E-state index in [0.29, 0.717) is 10.9 Å². The van der Waals surface area contributed by atoms with Gasteiger partial charge in [0.2, 0.25) is 10.0 Å². The molecule has 7 heteroatoms. The maximum atomic E-state index is 12.2. The maximum Gasteiger partial charge on any atom is 0.244 e. The summed E-state index contributed by atoms with van der Waals surface area (Å²) in [5, 5.41) is 0.340. The zero-order chi connectivity index (χ0) is 14.0. The van der Waals surface area contributed by atoms with Gasteiger partial charge in [-0.15, -0.1) is 0 Å². The second-order valence-corrected chi connectivity index (χ2v) is 6.82. The third-order valence-electron chi connectivity index (χ3n) is 3.15. The lowest BCUT2D eigenvalue weighted by Gasteiger charge is -2.14. The van der Waals surface area contributed by atoms with Gasteiger partial charge in [0.1, 0.15) is 10.6 Å². The van der Waals surface area contributed by atoms with Crippen molar-refractivity contribution in [1.29, 1.82) is 0 Å². The SMILES string of the molecule is COc1ccc(Cl)cc1S(=O)(=O)NCC(N)C1CC1. The molecule has 1 unspecified atom stereocenters. The Hall–Kier alpha value is -0.820. The van der Waals surface area contributed by atoms with Crippen LogP contribution in [0.15, 0.2) is 23.1 Å². The molecule has 19 heavy (non-hydrogen) atoms. The van der Waals surface area contributed by atoms with E-state index in [-0.39, 0.29) is 23.2 Å². The predicted octanol–water partition coefficient (Wildman–Crippen LogP) is 1.36. The molecule has 1 fully saturated rings. The molecule has 0 aliphatic heterocycles. The molecule has 3 N–H and O–H groups in total. The summed E-state index contributed by atoms with van der Waals surface area (Å²) in [6.45, 7) is 0.225. The number of sulfonamides is 1. The van der Waals surface area contributed by atoms with E-state index in [1.165, 1.54) is 19.2 Å². The van der Waals surface area contributed by atoms with E-state index in [9.17, 15) is 8.42 Å². The number of benzene rings is 1. The Bertz CT molecular complexity index is 558. The first-order chi connectivity index (χ1) is 8.94. The van der Waals surface area contributed by atoms with Gasteiger partial charge in [0.15, 0.2) is 0 Å². The number of rotatable bonds is 6. The highest BCUT2D eigenvalue weighted by Crippen LogP contribution is 2.31. The summed E-state index contributed by atoms with van der Waals surface area (Å²) in [7, 11) is -2.25. The van der Waals surface area contributed by atoms with Crippen LogP contribution in [0.3, 0.4) is 0 Å². The first-order valence-electron chi connectivity index (χ1n) is 6.03. The molecule has 0 aromatic heterocycles. The monoisotopic (exact) mass is 304 g/mol. The molecule has 1 aliphatic rings. The molecule has 0 amide bonds. The molecule has 1 atom stereocenters. The third kappa shape index (κ3) is 3.60. The standard InChI is InChI=1S/C12H17ClN2O3S/c1-18-11-5-4-9(13)6-12(11)19(16,17)15-7-10(14)8-2-3-8/h4-6,8,10,15H,2-3,7,14H2,1H3. The summed E-state index contributed by atoms with van der Waals surface area (Å²) >= 11 is 5.83. The van der Waals surface area contributed by atoms with Crippen molar-refractivity contribution >= 4 is 21.6 Å². The summed E-state index contributed by atoms with van der Waals surface area (Å²) in [6, 6.07) is 4.33. The van der Waals surface area contributed by atoms with E-state index in [1.54, 1.807) is 6.07 Å². The molecule has 5 nitrogen and oxygen atoms in total. The van der Waals surface area contributed by atoms with Gasteiger partial charge < -0.3 is 10.5 Å². The van der Waals surface area contributed by atoms with Gasteiger partial charge in [-0.3, -0.25) is 0 Å². The average Bonchev–Trinajstić information content (AvgIpc) is 3.20. The molecule has 0 heterocycles. The lowest BCUT2D eigenvalue weighted by molar-refractivity contribution is 0.402. The molecular formula is C12H17ClN2O3S. The van der Waals surface area contributed by atoms with E-state index in [2.05, 4.69) is 4.72 Å². The number of methoxy groups -OCH3 is 1. The smallest absolute Gasteiger partial charge is 0.244 e. The van der Waals surface area contributed by atoms with Crippen molar-refractivity contribution in [3.63, 3.8) is 0 Å². The van der Waals surface area contributed by atoms with Crippen molar-refractivity contribution in [2.45, 2.75) is 23.8 Å². The Labute approximate surface area is 118 Å². The second kappa shape index (κ2) is 5.66. The minimum atomic E-state index is -3.67. The molecule has 1 aliphatic carbocycles. The zero-order valence-corrected chi connectivity index (χ0v) is 12.2. The first kappa shape index (κ1) is 14.6. The lowest BCUT2D eigenvalue weighted by Crippen LogP contribution is -2.38. The van der Waals surface area contributed by atoms with E-state index in [4.69, 9.17) is 22.1 Å². The molecule has 106 valence electrons. The summed E-state index contributed by atoms with van der Waals surface area (Å²) in [5.74, 6) is 0.695. The topological polar surface area (TPSA) is 81.4 Å². The molecule has 1 aromatic rings. The van der Waals surface area contributed by atoms with Crippen LogP contribution >= 0.6 is 11.6 Å². The van der Waals surface area contributed by atoms with Crippen LogP contribution in [0, 0.1) is 5.92 Å². The maximum absolute atomic E-state index is 12.2. The second-order valence-electron chi connectivity index (χ2n) is 4.65. The summed E-state index contributed by atoms with van der Waals surface area (Å²) in [5.41, 5.74) is 5.88. The summed E-state index contributed by atoms with van der Waals surface area (Å²) < 4.78 is 32.0. The molecule has 0 saturated heterocycles. The average molecular weight is 305 g/mol. The summed E-state index contributed by atoms with van der Waals surface area (Å²) in [6.07, 6.45) is 2.15. The van der Waals surface area contributed by atoms with Gasteiger partial charge in [0.05, 0.1) is 7.11 Å². The van der Waals surface area contributed by atoms with Gasteiger partial charge in [-0.2, -0.15) is 0 Å². The predicted molar refractivity (Wildman–Crippen MR) is 73.9 cm³/mol. The minimum Gasteiger partial charge on any atom is -0.495 e. The molecule has 1 saturated carbocycles. The highest BCUT2D eigenvalue weighted by molar-refractivity contribution is 7.89. The van der Waals surface area contributed by atoms with Crippen LogP contribution in [0.4, 0.5) is 0 Å². The lowest BCUT2D eigenvalue weighted by atomic mass is 10.2. The van der Waals surface area contributed by atoms with Gasteiger partial charge in [0.25, 0.3) is 0 Å². The first-order valence-corrected chi connectivity index (χ1v) is 7.89. The van der Waals surface area contributed by atoms with Gasteiger partial charge >= 0.3 is 0 Å². The van der Waals surface area contributed by atoms with E-state index < -0.39 is 10.0 Å². The molecule has 0 bridgehead atoms. The normalized spacial score (nSPS) is 17.2. The fraction of sp³-hybridized carbons (Fsp3) is 0.500. The highest BCUT2D eigenvalue weighted by atomic mass is 35.5. The van der Waals surface area contributed by atoms with Crippen molar-refractivity contribution in [3.05, 3.63) is 23.2 Å². The summed E-state index contributed by atoms with van der Waals surface area (Å²) in [4.78, 5) is 0.0329. The third-order valence-corrected chi connectivity index (χ3v) is 4.83. The Balaban J connectivity index is 2.15. The number of hydrogen-bond acceptors (Lipinski definition) is 4. The van der Waals surface area contributed by atoms with Gasteiger partial charge in [-0.05, 0) is 37.0 Å². The van der Waals surface area contributed by atoms with E-state index in [1.807, 2.05) is 0 Å². The van der Waals surface area contributed by atoms with Crippen LogP contribution in [0.5, 0.6) is 5.75 Å². The van der Waals surface area contributed by atoms with Crippen molar-refractivity contribution in [1.82, 2.24) is 4.72 Å². The van der Waals surface area contributed by atoms with Crippen molar-refractivity contribution in [2.24, 2.45) is 11.7 Å². The van der Waals surface area contributed by atoms with Crippen LogP contribution in [0.1, 0.15) is 12.8 Å². The van der Waals surface area contributed by atoms with E-state index in [0.717, 1.165) is 12.8 Å². The molecule has 0 spiro atoms. The largest absolute Gasteiger partial charge is 0.495 e. The zero-order valence-electron chi connectivity index (χ0n) is 10.6. The Morgan fingerprint density at radius 1 is 1.53 bits per heavy atom. The van der Waals surface area contributed by atoms with Crippen LogP contribution in [-0.2, 0) is 10.0 Å². The van der Waals surface area contributed by atoms with Crippen LogP contribution in [-0.4, -0.2) is 28.1 Å². The molecule has 2 rings (SSSR count). The fourth-order valence-electron chi connectivity index (χ4n) is 1.84. The van der Waals surface area contributed by atoms with Crippen molar-refractivity contribution in [2.75, 3.05) is 13.7 Å². The molecule has 0 radical (unpaired) electrons. The number of nitrogens with one attached hydrogen (secondary N) is 1. The molecule has 1 aromatic carbocycles. The van der Waals surface area contributed by atoms with Crippen LogP contribution in [0.25, 0.3) is 0 Å².